The molecule has 1 aliphatic rings. The number of allylic oxidation sites excluding steroid dienone is 2. The fraction of sp³-hybridized carbons (Fsp3) is 0.636. The van der Waals surface area contributed by atoms with E-state index < -0.39 is 23.9 Å². The molecule has 0 bridgehead atoms. The van der Waals surface area contributed by atoms with Crippen LogP contribution in [-0.2, 0) is 9.59 Å². The third kappa shape index (κ3) is 3.34. The van der Waals surface area contributed by atoms with Crippen molar-refractivity contribution in [2.24, 2.45) is 11.8 Å². The van der Waals surface area contributed by atoms with Gasteiger partial charge in [-0.2, -0.15) is 0 Å². The number of amides is 1. The molecule has 0 aromatic carbocycles. The van der Waals surface area contributed by atoms with Crippen LogP contribution in [0.25, 0.3) is 0 Å². The molecule has 0 spiro atoms. The lowest BCUT2D eigenvalue weighted by Gasteiger charge is -2.24. The molecule has 3 N–H and O–H groups in total. The first-order valence-corrected chi connectivity index (χ1v) is 5.36. The van der Waals surface area contributed by atoms with Crippen LogP contribution in [0.4, 0.5) is 0 Å². The molecule has 0 aromatic heterocycles. The number of aliphatic carboxylic acids is 1. The van der Waals surface area contributed by atoms with Crippen LogP contribution in [0, 0.1) is 11.8 Å². The maximum absolute atomic E-state index is 11.7. The van der Waals surface area contributed by atoms with E-state index in [1.54, 1.807) is 13.0 Å². The van der Waals surface area contributed by atoms with Gasteiger partial charge in [-0.15, -0.1) is 0 Å². The van der Waals surface area contributed by atoms with Crippen LogP contribution >= 0.6 is 0 Å². The molecule has 0 heterocycles. The van der Waals surface area contributed by atoms with Crippen molar-refractivity contribution in [3.8, 4) is 0 Å². The Kier molecular flexibility index (Phi) is 4.49. The van der Waals surface area contributed by atoms with Crippen LogP contribution in [-0.4, -0.2) is 34.7 Å². The third-order valence-electron chi connectivity index (χ3n) is 2.66. The molecule has 0 radical (unpaired) electrons. The van der Waals surface area contributed by atoms with Crippen molar-refractivity contribution in [3.63, 3.8) is 0 Å². The number of carbonyl (C=O) groups is 2. The molecule has 90 valence electrons. The molecule has 0 aliphatic heterocycles. The second kappa shape index (κ2) is 5.65. The lowest BCUT2D eigenvalue weighted by molar-refractivity contribution is -0.147. The number of carboxylic acid groups (broad SMARTS) is 1. The summed E-state index contributed by atoms with van der Waals surface area (Å²) in [5.74, 6) is -2.42. The molecule has 1 amide bonds. The first-order valence-electron chi connectivity index (χ1n) is 5.36. The first-order chi connectivity index (χ1) is 7.52. The van der Waals surface area contributed by atoms with Gasteiger partial charge in [0, 0.05) is 6.54 Å². The van der Waals surface area contributed by atoms with E-state index in [0.29, 0.717) is 12.8 Å². The molecule has 0 aromatic rings. The van der Waals surface area contributed by atoms with Crippen molar-refractivity contribution in [2.45, 2.75) is 25.9 Å². The lowest BCUT2D eigenvalue weighted by Crippen LogP contribution is -2.41. The summed E-state index contributed by atoms with van der Waals surface area (Å²) in [5.41, 5.74) is 0. The summed E-state index contributed by atoms with van der Waals surface area (Å²) in [7, 11) is 0. The van der Waals surface area contributed by atoms with E-state index in [-0.39, 0.29) is 12.5 Å². The molecule has 5 heteroatoms. The summed E-state index contributed by atoms with van der Waals surface area (Å²) in [6.45, 7) is 1.72. The maximum Gasteiger partial charge on any atom is 0.307 e. The van der Waals surface area contributed by atoms with Crippen molar-refractivity contribution in [3.05, 3.63) is 12.2 Å². The van der Waals surface area contributed by atoms with Crippen LogP contribution in [0.15, 0.2) is 12.2 Å². The molecule has 0 saturated carbocycles. The SMILES string of the molecule is CC(O)CNC(=O)C1CC=CCC1C(=O)O. The normalized spacial score (nSPS) is 26.1. The standard InChI is InChI=1S/C11H17NO4/c1-7(13)6-12-10(14)8-4-2-3-5-9(8)11(15)16/h2-3,7-9,13H,4-6H2,1H3,(H,12,14)(H,15,16). The summed E-state index contributed by atoms with van der Waals surface area (Å²) >= 11 is 0. The Bertz CT molecular complexity index is 298. The number of hydrogen-bond donors (Lipinski definition) is 3. The number of carboxylic acids is 1. The van der Waals surface area contributed by atoms with Gasteiger partial charge in [-0.1, -0.05) is 12.2 Å². The summed E-state index contributed by atoms with van der Waals surface area (Å²) in [6, 6.07) is 0. The van der Waals surface area contributed by atoms with E-state index in [4.69, 9.17) is 10.2 Å². The van der Waals surface area contributed by atoms with Gasteiger partial charge in [0.1, 0.15) is 0 Å². The minimum absolute atomic E-state index is 0.158. The quantitative estimate of drug-likeness (QED) is 0.597. The molecule has 1 rings (SSSR count). The minimum atomic E-state index is -0.943. The van der Waals surface area contributed by atoms with Crippen LogP contribution in [0.2, 0.25) is 0 Å². The number of hydrogen-bond acceptors (Lipinski definition) is 3. The topological polar surface area (TPSA) is 86.6 Å². The molecular weight excluding hydrogens is 210 g/mol. The number of carbonyl (C=O) groups excluding carboxylic acids is 1. The highest BCUT2D eigenvalue weighted by Gasteiger charge is 2.33. The summed E-state index contributed by atoms with van der Waals surface area (Å²) in [4.78, 5) is 22.6. The average molecular weight is 227 g/mol. The fourth-order valence-electron chi connectivity index (χ4n) is 1.76. The van der Waals surface area contributed by atoms with Crippen molar-refractivity contribution in [1.29, 1.82) is 0 Å². The smallest absolute Gasteiger partial charge is 0.307 e. The summed E-state index contributed by atoms with van der Waals surface area (Å²) in [6.07, 6.45) is 3.83. The zero-order chi connectivity index (χ0) is 12.1. The van der Waals surface area contributed by atoms with E-state index in [1.165, 1.54) is 0 Å². The molecule has 3 unspecified atom stereocenters. The zero-order valence-electron chi connectivity index (χ0n) is 9.22. The van der Waals surface area contributed by atoms with Crippen molar-refractivity contribution in [1.82, 2.24) is 5.32 Å². The number of nitrogens with one attached hydrogen (secondary N) is 1. The Balaban J connectivity index is 2.58. The van der Waals surface area contributed by atoms with Gasteiger partial charge >= 0.3 is 5.97 Å². The predicted molar refractivity (Wildman–Crippen MR) is 57.7 cm³/mol. The Labute approximate surface area is 94.2 Å². The Morgan fingerprint density at radius 1 is 1.38 bits per heavy atom. The van der Waals surface area contributed by atoms with Gasteiger partial charge in [-0.05, 0) is 19.8 Å². The van der Waals surface area contributed by atoms with E-state index in [1.807, 2.05) is 6.08 Å². The van der Waals surface area contributed by atoms with Crippen molar-refractivity contribution < 1.29 is 19.8 Å². The molecule has 16 heavy (non-hydrogen) atoms. The van der Waals surface area contributed by atoms with E-state index in [2.05, 4.69) is 5.32 Å². The number of rotatable bonds is 4. The van der Waals surface area contributed by atoms with Gasteiger partial charge in [0.15, 0.2) is 0 Å². The van der Waals surface area contributed by atoms with Crippen molar-refractivity contribution in [2.75, 3.05) is 6.54 Å². The average Bonchev–Trinajstić information content (AvgIpc) is 2.25. The van der Waals surface area contributed by atoms with Gasteiger partial charge < -0.3 is 15.5 Å². The van der Waals surface area contributed by atoms with Crippen LogP contribution < -0.4 is 5.32 Å². The first kappa shape index (κ1) is 12.7. The van der Waals surface area contributed by atoms with E-state index >= 15 is 0 Å². The molecule has 5 nitrogen and oxygen atoms in total. The highest BCUT2D eigenvalue weighted by Crippen LogP contribution is 2.25. The third-order valence-corrected chi connectivity index (χ3v) is 2.66. The summed E-state index contributed by atoms with van der Waals surface area (Å²) < 4.78 is 0. The van der Waals surface area contributed by atoms with Crippen molar-refractivity contribution >= 4 is 11.9 Å². The zero-order valence-corrected chi connectivity index (χ0v) is 9.22. The highest BCUT2D eigenvalue weighted by molar-refractivity contribution is 5.85. The van der Waals surface area contributed by atoms with Crippen LogP contribution in [0.3, 0.4) is 0 Å². The number of aliphatic hydroxyl groups is 1. The van der Waals surface area contributed by atoms with Gasteiger partial charge in [-0.25, -0.2) is 0 Å². The molecule has 3 atom stereocenters. The summed E-state index contributed by atoms with van der Waals surface area (Å²) in [5, 5.41) is 20.6. The Morgan fingerprint density at radius 3 is 2.44 bits per heavy atom. The molecular formula is C11H17NO4. The second-order valence-corrected chi connectivity index (χ2v) is 4.09. The molecule has 0 fully saturated rings. The predicted octanol–water partition coefficient (Wildman–Crippen LogP) is 0.150. The van der Waals surface area contributed by atoms with Gasteiger partial charge in [-0.3, -0.25) is 9.59 Å². The van der Waals surface area contributed by atoms with Gasteiger partial charge in [0.25, 0.3) is 0 Å². The Hall–Kier alpha value is -1.36. The van der Waals surface area contributed by atoms with E-state index in [0.717, 1.165) is 0 Å². The molecule has 1 aliphatic carbocycles. The lowest BCUT2D eigenvalue weighted by atomic mass is 9.82. The van der Waals surface area contributed by atoms with Gasteiger partial charge in [0.05, 0.1) is 17.9 Å². The molecule has 0 saturated heterocycles. The van der Waals surface area contributed by atoms with Crippen LogP contribution in [0.1, 0.15) is 19.8 Å². The van der Waals surface area contributed by atoms with Crippen LogP contribution in [0.5, 0.6) is 0 Å². The van der Waals surface area contributed by atoms with E-state index in [9.17, 15) is 9.59 Å². The Morgan fingerprint density at radius 2 is 1.94 bits per heavy atom. The number of aliphatic hydroxyl groups excluding tert-OH is 1. The van der Waals surface area contributed by atoms with Gasteiger partial charge in [0.2, 0.25) is 5.91 Å². The maximum atomic E-state index is 11.7. The largest absolute Gasteiger partial charge is 0.481 e. The highest BCUT2D eigenvalue weighted by atomic mass is 16.4. The second-order valence-electron chi connectivity index (χ2n) is 4.09. The minimum Gasteiger partial charge on any atom is -0.481 e. The fourth-order valence-corrected chi connectivity index (χ4v) is 1.76. The monoisotopic (exact) mass is 227 g/mol.